The highest BCUT2D eigenvalue weighted by Crippen LogP contribution is 2.24. The van der Waals surface area contributed by atoms with Gasteiger partial charge in [0, 0.05) is 24.2 Å². The quantitative estimate of drug-likeness (QED) is 0.589. The highest BCUT2D eigenvalue weighted by Gasteiger charge is 2.24. The number of rotatable bonds is 6. The fourth-order valence-electron chi connectivity index (χ4n) is 1.42. The van der Waals surface area contributed by atoms with Crippen molar-refractivity contribution in [3.8, 4) is 5.75 Å². The van der Waals surface area contributed by atoms with Gasteiger partial charge in [-0.3, -0.25) is 20.2 Å². The Balaban J connectivity index is 2.96. The molecule has 1 aromatic rings. The molecule has 0 aliphatic carbocycles. The van der Waals surface area contributed by atoms with Gasteiger partial charge in [0.25, 0.3) is 5.69 Å². The van der Waals surface area contributed by atoms with Crippen LogP contribution in [0.15, 0.2) is 18.2 Å². The fraction of sp³-hybridized carbons (Fsp3) is 0.417. The number of hydrogen-bond donors (Lipinski definition) is 2. The van der Waals surface area contributed by atoms with Gasteiger partial charge in [-0.15, -0.1) is 0 Å². The first kappa shape index (κ1) is 14.9. The van der Waals surface area contributed by atoms with Gasteiger partial charge in [0.2, 0.25) is 5.91 Å². The number of nitro benzene ring substituents is 1. The van der Waals surface area contributed by atoms with Gasteiger partial charge in [0.05, 0.1) is 17.6 Å². The van der Waals surface area contributed by atoms with E-state index in [1.54, 1.807) is 13.8 Å². The van der Waals surface area contributed by atoms with Crippen molar-refractivity contribution < 1.29 is 14.5 Å². The summed E-state index contributed by atoms with van der Waals surface area (Å²) in [6, 6.07) is 4.29. The topological polar surface area (TPSA) is 107 Å². The molecule has 1 rings (SSSR count). The summed E-state index contributed by atoms with van der Waals surface area (Å²) in [6.07, 6.45) is 0. The fourth-order valence-corrected chi connectivity index (χ4v) is 1.42. The zero-order valence-electron chi connectivity index (χ0n) is 11.1. The zero-order chi connectivity index (χ0) is 14.6. The standard InChI is InChI=1S/C12H17N3O4/c1-12(2,11(13)16)14-7-8-6-9(15(17)18)4-5-10(8)19-3/h4-6,14H,7H2,1-3H3,(H2,13,16). The second-order valence-electron chi connectivity index (χ2n) is 4.60. The Morgan fingerprint density at radius 3 is 2.63 bits per heavy atom. The highest BCUT2D eigenvalue weighted by molar-refractivity contribution is 5.83. The maximum absolute atomic E-state index is 11.2. The van der Waals surface area contributed by atoms with Crippen LogP contribution in [0.2, 0.25) is 0 Å². The molecule has 0 atom stereocenters. The van der Waals surface area contributed by atoms with Crippen molar-refractivity contribution in [1.29, 1.82) is 0 Å². The van der Waals surface area contributed by atoms with E-state index >= 15 is 0 Å². The lowest BCUT2D eigenvalue weighted by molar-refractivity contribution is -0.384. The second kappa shape index (κ2) is 5.66. The van der Waals surface area contributed by atoms with Gasteiger partial charge in [-0.1, -0.05) is 0 Å². The van der Waals surface area contributed by atoms with Gasteiger partial charge in [-0.05, 0) is 19.9 Å². The molecule has 0 aliphatic heterocycles. The molecule has 1 aromatic carbocycles. The minimum atomic E-state index is -0.907. The number of ether oxygens (including phenoxy) is 1. The number of nitrogens with two attached hydrogens (primary N) is 1. The molecule has 0 radical (unpaired) electrons. The van der Waals surface area contributed by atoms with Gasteiger partial charge < -0.3 is 10.5 Å². The Bertz CT molecular complexity index is 500. The van der Waals surface area contributed by atoms with E-state index in [1.807, 2.05) is 0 Å². The number of carbonyl (C=O) groups is 1. The molecule has 3 N–H and O–H groups in total. The summed E-state index contributed by atoms with van der Waals surface area (Å²) in [4.78, 5) is 21.4. The van der Waals surface area contributed by atoms with Gasteiger partial charge >= 0.3 is 0 Å². The van der Waals surface area contributed by atoms with Crippen molar-refractivity contribution in [2.45, 2.75) is 25.9 Å². The zero-order valence-corrected chi connectivity index (χ0v) is 11.1. The minimum absolute atomic E-state index is 0.0329. The summed E-state index contributed by atoms with van der Waals surface area (Å²) >= 11 is 0. The molecule has 0 saturated heterocycles. The number of primary amides is 1. The number of carbonyl (C=O) groups excluding carboxylic acids is 1. The maximum atomic E-state index is 11.2. The monoisotopic (exact) mass is 267 g/mol. The molecule has 0 fully saturated rings. The molecule has 19 heavy (non-hydrogen) atoms. The largest absolute Gasteiger partial charge is 0.496 e. The van der Waals surface area contributed by atoms with E-state index in [1.165, 1.54) is 25.3 Å². The molecule has 0 bridgehead atoms. The number of nitrogens with zero attached hydrogens (tertiary/aromatic N) is 1. The van der Waals surface area contributed by atoms with Crippen LogP contribution in [0, 0.1) is 10.1 Å². The van der Waals surface area contributed by atoms with E-state index < -0.39 is 16.4 Å². The lowest BCUT2D eigenvalue weighted by atomic mass is 10.0. The predicted molar refractivity (Wildman–Crippen MR) is 69.8 cm³/mol. The van der Waals surface area contributed by atoms with Crippen LogP contribution in [0.3, 0.4) is 0 Å². The number of methoxy groups -OCH3 is 1. The van der Waals surface area contributed by atoms with E-state index in [0.717, 1.165) is 0 Å². The molecule has 1 amide bonds. The first-order valence-electron chi connectivity index (χ1n) is 5.64. The van der Waals surface area contributed by atoms with Crippen LogP contribution in [0.1, 0.15) is 19.4 Å². The van der Waals surface area contributed by atoms with E-state index in [-0.39, 0.29) is 12.2 Å². The second-order valence-corrected chi connectivity index (χ2v) is 4.60. The van der Waals surface area contributed by atoms with Gasteiger partial charge in [-0.2, -0.15) is 0 Å². The first-order valence-corrected chi connectivity index (χ1v) is 5.64. The van der Waals surface area contributed by atoms with Crippen LogP contribution in [0.5, 0.6) is 5.75 Å². The average molecular weight is 267 g/mol. The van der Waals surface area contributed by atoms with E-state index in [9.17, 15) is 14.9 Å². The molecule has 0 heterocycles. The summed E-state index contributed by atoms with van der Waals surface area (Å²) in [5.41, 5.74) is 4.89. The molecule has 0 unspecified atom stereocenters. The minimum Gasteiger partial charge on any atom is -0.496 e. The molecule has 0 spiro atoms. The Morgan fingerprint density at radius 1 is 1.53 bits per heavy atom. The van der Waals surface area contributed by atoms with Crippen LogP contribution in [0.4, 0.5) is 5.69 Å². The van der Waals surface area contributed by atoms with E-state index in [0.29, 0.717) is 11.3 Å². The third-order valence-electron chi connectivity index (χ3n) is 2.81. The van der Waals surface area contributed by atoms with E-state index in [2.05, 4.69) is 5.32 Å². The predicted octanol–water partition coefficient (Wildman–Crippen LogP) is 0.957. The van der Waals surface area contributed by atoms with Crippen LogP contribution in [0.25, 0.3) is 0 Å². The summed E-state index contributed by atoms with van der Waals surface area (Å²) in [7, 11) is 1.48. The Labute approximate surface area is 110 Å². The lowest BCUT2D eigenvalue weighted by Gasteiger charge is -2.22. The van der Waals surface area contributed by atoms with Crippen LogP contribution >= 0.6 is 0 Å². The molecule has 0 saturated carbocycles. The Morgan fingerprint density at radius 2 is 2.16 bits per heavy atom. The molecule has 7 heteroatoms. The number of nitro groups is 1. The first-order chi connectivity index (χ1) is 8.77. The summed E-state index contributed by atoms with van der Waals surface area (Å²) in [5, 5.41) is 13.7. The number of amides is 1. The molecular formula is C12H17N3O4. The summed E-state index contributed by atoms with van der Waals surface area (Å²) in [5.74, 6) is 0.00951. The third kappa shape index (κ3) is 3.65. The van der Waals surface area contributed by atoms with Crippen molar-refractivity contribution in [3.63, 3.8) is 0 Å². The number of benzene rings is 1. The van der Waals surface area contributed by atoms with Crippen molar-refractivity contribution in [1.82, 2.24) is 5.32 Å². The third-order valence-corrected chi connectivity index (χ3v) is 2.81. The van der Waals surface area contributed by atoms with Crippen molar-refractivity contribution in [2.24, 2.45) is 5.73 Å². The molecule has 0 aliphatic rings. The number of nitrogens with one attached hydrogen (secondary N) is 1. The van der Waals surface area contributed by atoms with E-state index in [4.69, 9.17) is 10.5 Å². The number of hydrogen-bond acceptors (Lipinski definition) is 5. The molecule has 7 nitrogen and oxygen atoms in total. The van der Waals surface area contributed by atoms with Crippen molar-refractivity contribution in [2.75, 3.05) is 7.11 Å². The summed E-state index contributed by atoms with van der Waals surface area (Å²) < 4.78 is 5.13. The number of non-ortho nitro benzene ring substituents is 1. The molecule has 0 aromatic heterocycles. The van der Waals surface area contributed by atoms with Crippen molar-refractivity contribution in [3.05, 3.63) is 33.9 Å². The smallest absolute Gasteiger partial charge is 0.270 e. The van der Waals surface area contributed by atoms with Gasteiger partial charge in [0.1, 0.15) is 5.75 Å². The molecular weight excluding hydrogens is 250 g/mol. The molecule has 104 valence electrons. The maximum Gasteiger partial charge on any atom is 0.270 e. The summed E-state index contributed by atoms with van der Waals surface area (Å²) in [6.45, 7) is 3.51. The normalized spacial score (nSPS) is 11.1. The van der Waals surface area contributed by atoms with Crippen molar-refractivity contribution >= 4 is 11.6 Å². The Hall–Kier alpha value is -2.15. The SMILES string of the molecule is COc1ccc([N+](=O)[O-])cc1CNC(C)(C)C(N)=O. The average Bonchev–Trinajstić information content (AvgIpc) is 2.35. The van der Waals surface area contributed by atoms with Gasteiger partial charge in [-0.25, -0.2) is 0 Å². The lowest BCUT2D eigenvalue weighted by Crippen LogP contribution is -2.50. The van der Waals surface area contributed by atoms with Gasteiger partial charge in [0.15, 0.2) is 0 Å². The van der Waals surface area contributed by atoms with Crippen LogP contribution < -0.4 is 15.8 Å². The Kier molecular flexibility index (Phi) is 4.44. The van der Waals surface area contributed by atoms with Crippen LogP contribution in [-0.4, -0.2) is 23.5 Å². The highest BCUT2D eigenvalue weighted by atomic mass is 16.6. The van der Waals surface area contributed by atoms with Crippen LogP contribution in [-0.2, 0) is 11.3 Å².